The van der Waals surface area contributed by atoms with Crippen molar-refractivity contribution in [2.75, 3.05) is 10.7 Å². The van der Waals surface area contributed by atoms with Crippen LogP contribution in [0.25, 0.3) is 11.3 Å². The van der Waals surface area contributed by atoms with E-state index in [0.717, 1.165) is 15.8 Å². The van der Waals surface area contributed by atoms with E-state index < -0.39 is 6.17 Å². The Balaban J connectivity index is 2.07. The molecule has 0 fully saturated rings. The van der Waals surface area contributed by atoms with Gasteiger partial charge < -0.3 is 5.11 Å². The molecule has 0 saturated carbocycles. The minimum absolute atomic E-state index is 0.133. The summed E-state index contributed by atoms with van der Waals surface area (Å²) in [5.74, 6) is 0.258. The van der Waals surface area contributed by atoms with Crippen LogP contribution in [0.15, 0.2) is 58.2 Å². The highest BCUT2D eigenvalue weighted by molar-refractivity contribution is 9.10. The number of amides is 1. The molecule has 1 atom stereocenters. The molecule has 0 saturated heterocycles. The van der Waals surface area contributed by atoms with E-state index in [0.29, 0.717) is 22.1 Å². The Kier molecular flexibility index (Phi) is 5.07. The molecule has 0 spiro atoms. The van der Waals surface area contributed by atoms with E-state index in [1.54, 1.807) is 9.58 Å². The predicted molar refractivity (Wildman–Crippen MR) is 109 cm³/mol. The molecule has 0 bridgehead atoms. The lowest BCUT2D eigenvalue weighted by Gasteiger charge is -2.33. The van der Waals surface area contributed by atoms with E-state index in [9.17, 15) is 9.90 Å². The first-order valence-electron chi connectivity index (χ1n) is 8.79. The zero-order valence-electron chi connectivity index (χ0n) is 15.3. The number of aromatic nitrogens is 3. The van der Waals surface area contributed by atoms with Crippen LogP contribution in [0.1, 0.15) is 25.6 Å². The minimum atomic E-state index is -0.561. The number of nitrogens with zero attached hydrogens (tertiary/aromatic N) is 4. The first-order chi connectivity index (χ1) is 13.5. The van der Waals surface area contributed by atoms with Crippen molar-refractivity contribution < 1.29 is 14.6 Å². The van der Waals surface area contributed by atoms with Gasteiger partial charge in [-0.2, -0.15) is 0 Å². The minimum Gasteiger partial charge on any atom is -0.854 e. The molecule has 0 N–H and O–H groups in total. The first-order valence-corrected chi connectivity index (χ1v) is 10.6. The summed E-state index contributed by atoms with van der Waals surface area (Å²) in [5.41, 5.74) is 2.54. The van der Waals surface area contributed by atoms with Crippen molar-refractivity contribution in [3.05, 3.63) is 58.6 Å². The summed E-state index contributed by atoms with van der Waals surface area (Å²) in [6.07, 6.45) is -0.561. The van der Waals surface area contributed by atoms with E-state index in [1.807, 2.05) is 55.5 Å². The third kappa shape index (κ3) is 3.16. The van der Waals surface area contributed by atoms with Crippen molar-refractivity contribution in [1.29, 1.82) is 0 Å². The fourth-order valence-electron chi connectivity index (χ4n) is 3.41. The van der Waals surface area contributed by atoms with Gasteiger partial charge in [0.2, 0.25) is 5.91 Å². The van der Waals surface area contributed by atoms with Crippen molar-refractivity contribution in [2.45, 2.75) is 25.2 Å². The van der Waals surface area contributed by atoms with Crippen LogP contribution in [0.3, 0.4) is 0 Å². The van der Waals surface area contributed by atoms with Crippen LogP contribution in [0.2, 0.25) is 0 Å². The number of carbonyl (C=O) groups excluding carboxylic acids is 1. The Morgan fingerprint density at radius 1 is 1.29 bits per heavy atom. The molecule has 6 nitrogen and oxygen atoms in total. The number of fused-ring (bicyclic) bond motifs is 3. The summed E-state index contributed by atoms with van der Waals surface area (Å²) >= 11 is 4.86. The quantitative estimate of drug-likeness (QED) is 0.446. The van der Waals surface area contributed by atoms with Crippen molar-refractivity contribution in [1.82, 2.24) is 10.1 Å². The lowest BCUT2D eigenvalue weighted by molar-refractivity contribution is -0.764. The highest BCUT2D eigenvalue weighted by atomic mass is 79.9. The lowest BCUT2D eigenvalue weighted by atomic mass is 10.0. The summed E-state index contributed by atoms with van der Waals surface area (Å²) in [7, 11) is 0. The van der Waals surface area contributed by atoms with Gasteiger partial charge in [-0.15, -0.1) is 0 Å². The Labute approximate surface area is 175 Å². The second-order valence-electron chi connectivity index (χ2n) is 6.26. The van der Waals surface area contributed by atoms with Gasteiger partial charge in [-0.1, -0.05) is 69.6 Å². The van der Waals surface area contributed by atoms with Gasteiger partial charge in [-0.3, -0.25) is 4.79 Å². The second-order valence-corrected chi connectivity index (χ2v) is 8.41. The fourth-order valence-corrected chi connectivity index (χ4v) is 4.33. The summed E-state index contributed by atoms with van der Waals surface area (Å²) < 4.78 is 2.45. The molecule has 1 aromatic heterocycles. The average Bonchev–Trinajstić information content (AvgIpc) is 2.67. The fraction of sp³-hybridized carbons (Fsp3) is 0.200. The number of carbonyl (C=O) groups is 1. The molecule has 3 aromatic rings. The Morgan fingerprint density at radius 2 is 2.04 bits per heavy atom. The summed E-state index contributed by atoms with van der Waals surface area (Å²) in [6.45, 7) is 3.50. The monoisotopic (exact) mass is 456 g/mol. The second kappa shape index (κ2) is 7.52. The molecule has 1 aliphatic rings. The number of hydrogen-bond acceptors (Lipinski definition) is 5. The largest absolute Gasteiger partial charge is 0.854 e. The molecule has 2 heterocycles. The smallest absolute Gasteiger partial charge is 0.293 e. The number of thioether (sulfide) groups is 1. The third-order valence-corrected chi connectivity index (χ3v) is 5.70. The van der Waals surface area contributed by atoms with Crippen LogP contribution in [0.5, 0.6) is 5.88 Å². The average molecular weight is 457 g/mol. The van der Waals surface area contributed by atoms with Crippen LogP contribution in [0, 0.1) is 0 Å². The van der Waals surface area contributed by atoms with Gasteiger partial charge in [0.25, 0.3) is 17.0 Å². The third-order valence-electron chi connectivity index (χ3n) is 4.48. The lowest BCUT2D eigenvalue weighted by Crippen LogP contribution is -2.58. The van der Waals surface area contributed by atoms with E-state index >= 15 is 0 Å². The van der Waals surface area contributed by atoms with Gasteiger partial charge in [0, 0.05) is 22.1 Å². The molecule has 1 unspecified atom stereocenters. The number of anilines is 1. The molecule has 8 heteroatoms. The zero-order valence-corrected chi connectivity index (χ0v) is 17.7. The first kappa shape index (κ1) is 18.9. The Bertz CT molecular complexity index is 1060. The summed E-state index contributed by atoms with van der Waals surface area (Å²) in [5, 5.41) is 18.0. The molecule has 1 amide bonds. The molecule has 4 rings (SSSR count). The Hall–Kier alpha value is -2.45. The molecular weight excluding hydrogens is 440 g/mol. The van der Waals surface area contributed by atoms with Gasteiger partial charge in [0.15, 0.2) is 0 Å². The van der Waals surface area contributed by atoms with Crippen molar-refractivity contribution >= 4 is 39.3 Å². The van der Waals surface area contributed by atoms with Gasteiger partial charge in [-0.25, -0.2) is 9.88 Å². The van der Waals surface area contributed by atoms with Crippen LogP contribution < -0.4 is 14.7 Å². The van der Waals surface area contributed by atoms with Gasteiger partial charge >= 0.3 is 0 Å². The number of hydrogen-bond donors (Lipinski definition) is 0. The van der Waals surface area contributed by atoms with Gasteiger partial charge in [0.05, 0.1) is 17.1 Å². The normalized spacial score (nSPS) is 15.1. The summed E-state index contributed by atoms with van der Waals surface area (Å²) in [4.78, 5) is 18.5. The van der Waals surface area contributed by atoms with Gasteiger partial charge in [-0.05, 0) is 24.0 Å². The maximum atomic E-state index is 13.0. The van der Waals surface area contributed by atoms with E-state index in [1.165, 1.54) is 18.7 Å². The zero-order chi connectivity index (χ0) is 19.8. The van der Waals surface area contributed by atoms with Crippen molar-refractivity contribution in [2.24, 2.45) is 0 Å². The van der Waals surface area contributed by atoms with E-state index in [2.05, 4.69) is 26.0 Å². The molecule has 0 radical (unpaired) electrons. The van der Waals surface area contributed by atoms with Gasteiger partial charge in [0.1, 0.15) is 0 Å². The SMILES string of the molecule is CCSc1nc([O-])c2[n+](n1)C(c1ccccc1)N(C(C)=O)c1ccc(Br)cc1-2. The maximum Gasteiger partial charge on any atom is 0.293 e. The number of benzene rings is 2. The standard InChI is InChI=1S/C20H17BrN4O2S/c1-3-28-20-22-18(27)17-15-11-14(21)9-10-16(15)24(12(2)26)19(25(17)23-20)13-7-5-4-6-8-13/h4-11,19H,3H2,1-2H3. The summed E-state index contributed by atoms with van der Waals surface area (Å²) in [6, 6.07) is 15.1. The molecular formula is C20H17BrN4O2S. The molecule has 1 aliphatic heterocycles. The predicted octanol–water partition coefficient (Wildman–Crippen LogP) is 3.29. The number of rotatable bonds is 3. The molecule has 28 heavy (non-hydrogen) atoms. The molecule has 2 aromatic carbocycles. The maximum absolute atomic E-state index is 13.0. The topological polar surface area (TPSA) is 73.0 Å². The van der Waals surface area contributed by atoms with E-state index in [-0.39, 0.29) is 11.8 Å². The van der Waals surface area contributed by atoms with Crippen LogP contribution >= 0.6 is 27.7 Å². The van der Waals surface area contributed by atoms with Crippen LogP contribution in [-0.4, -0.2) is 21.7 Å². The highest BCUT2D eigenvalue weighted by Gasteiger charge is 2.43. The molecule has 0 aliphatic carbocycles. The van der Waals surface area contributed by atoms with Crippen LogP contribution in [0.4, 0.5) is 5.69 Å². The number of halogens is 1. The Morgan fingerprint density at radius 3 is 2.71 bits per heavy atom. The van der Waals surface area contributed by atoms with Crippen LogP contribution in [-0.2, 0) is 4.79 Å². The molecule has 142 valence electrons. The van der Waals surface area contributed by atoms with Crippen molar-refractivity contribution in [3.8, 4) is 17.1 Å². The highest BCUT2D eigenvalue weighted by Crippen LogP contribution is 2.42. The van der Waals surface area contributed by atoms with Crippen molar-refractivity contribution in [3.63, 3.8) is 0 Å². The van der Waals surface area contributed by atoms with E-state index in [4.69, 9.17) is 0 Å².